The Morgan fingerprint density at radius 1 is 1.18 bits per heavy atom. The number of likely N-dealkylation sites (tertiary alicyclic amines) is 1. The summed E-state index contributed by atoms with van der Waals surface area (Å²) in [6, 6.07) is 6.00. The van der Waals surface area contributed by atoms with Crippen molar-refractivity contribution in [3.8, 4) is 0 Å². The molecule has 2 aromatic rings. The highest BCUT2D eigenvalue weighted by atomic mass is 32.1. The van der Waals surface area contributed by atoms with Crippen LogP contribution in [-0.4, -0.2) is 40.9 Å². The molecule has 0 radical (unpaired) electrons. The zero-order chi connectivity index (χ0) is 23.8. The van der Waals surface area contributed by atoms with Crippen LogP contribution in [0.4, 0.5) is 17.6 Å². The van der Waals surface area contributed by atoms with E-state index in [2.05, 4.69) is 12.6 Å². The Hall–Kier alpha value is -2.59. The van der Waals surface area contributed by atoms with Gasteiger partial charge in [0.1, 0.15) is 11.9 Å². The van der Waals surface area contributed by atoms with Crippen LogP contribution < -0.4 is 0 Å². The van der Waals surface area contributed by atoms with Crippen LogP contribution in [0.15, 0.2) is 52.8 Å². The first-order valence-electron chi connectivity index (χ1n) is 10.4. The fourth-order valence-corrected chi connectivity index (χ4v) is 4.30. The van der Waals surface area contributed by atoms with Crippen molar-refractivity contribution in [3.63, 3.8) is 0 Å². The number of furan rings is 1. The van der Waals surface area contributed by atoms with Crippen LogP contribution in [0.1, 0.15) is 36.4 Å². The van der Waals surface area contributed by atoms with Crippen molar-refractivity contribution >= 4 is 30.5 Å². The molecule has 0 spiro atoms. The fraction of sp³-hybridized carbons (Fsp3) is 0.391. The predicted molar refractivity (Wildman–Crippen MR) is 114 cm³/mol. The standard InChI is InChI=1S/C23H21F4NO4S/c24-17-4-2-1-3-15(17)19(20(29)14-5-6-14)28-9-7-18(33)16(11-13-8-10-31-12-13)21(28)32-22(30)23(25,26)27/h1-4,8,10-12,14,18-19,21,33H,5-7,9H2/b16-11-. The Kier molecular flexibility index (Phi) is 6.67. The SMILES string of the molecule is O=C(C1CC1)C(c1ccccc1F)N1CCC(S)/C(=C/c2ccoc2)C1OC(=O)C(F)(F)F. The van der Waals surface area contributed by atoms with Crippen LogP contribution in [0.5, 0.6) is 0 Å². The van der Waals surface area contributed by atoms with Crippen LogP contribution in [0, 0.1) is 11.7 Å². The van der Waals surface area contributed by atoms with E-state index in [1.165, 1.54) is 41.7 Å². The van der Waals surface area contributed by atoms with E-state index in [1.54, 1.807) is 12.1 Å². The number of piperidine rings is 1. The van der Waals surface area contributed by atoms with Gasteiger partial charge < -0.3 is 9.15 Å². The maximum Gasteiger partial charge on any atom is 0.490 e. The van der Waals surface area contributed by atoms with Gasteiger partial charge >= 0.3 is 12.1 Å². The van der Waals surface area contributed by atoms with E-state index >= 15 is 0 Å². The third kappa shape index (κ3) is 5.16. The Morgan fingerprint density at radius 3 is 2.52 bits per heavy atom. The number of rotatable bonds is 6. The highest BCUT2D eigenvalue weighted by Gasteiger charge is 2.49. The van der Waals surface area contributed by atoms with E-state index in [0.717, 1.165) is 0 Å². The molecule has 4 rings (SSSR count). The van der Waals surface area contributed by atoms with Gasteiger partial charge in [0, 0.05) is 28.8 Å². The van der Waals surface area contributed by atoms with Crippen molar-refractivity contribution in [2.45, 2.75) is 43.0 Å². The van der Waals surface area contributed by atoms with Gasteiger partial charge in [0.05, 0.1) is 12.5 Å². The van der Waals surface area contributed by atoms with Gasteiger partial charge in [0.2, 0.25) is 0 Å². The number of benzene rings is 1. The smallest absolute Gasteiger partial charge is 0.472 e. The van der Waals surface area contributed by atoms with Gasteiger partial charge in [-0.2, -0.15) is 25.8 Å². The van der Waals surface area contributed by atoms with Crippen molar-refractivity contribution < 1.29 is 36.3 Å². The summed E-state index contributed by atoms with van der Waals surface area (Å²) < 4.78 is 64.2. The van der Waals surface area contributed by atoms with Crippen LogP contribution >= 0.6 is 12.6 Å². The first kappa shape index (κ1) is 23.6. The number of ketones is 1. The molecule has 1 aromatic carbocycles. The van der Waals surface area contributed by atoms with E-state index in [4.69, 9.17) is 9.15 Å². The molecule has 10 heteroatoms. The van der Waals surface area contributed by atoms with Crippen molar-refractivity contribution in [3.05, 3.63) is 65.4 Å². The van der Waals surface area contributed by atoms with Crippen molar-refractivity contribution in [1.29, 1.82) is 0 Å². The minimum absolute atomic E-state index is 0.0303. The first-order chi connectivity index (χ1) is 15.7. The lowest BCUT2D eigenvalue weighted by atomic mass is 9.92. The maximum atomic E-state index is 14.8. The molecule has 1 aliphatic carbocycles. The summed E-state index contributed by atoms with van der Waals surface area (Å²) in [6.45, 7) is 0.0736. The number of Topliss-reactive ketones (excluding diaryl/α,β-unsaturated/α-hetero) is 1. The summed E-state index contributed by atoms with van der Waals surface area (Å²) >= 11 is 4.49. The highest BCUT2D eigenvalue weighted by Crippen LogP contribution is 2.42. The Balaban J connectivity index is 1.80. The van der Waals surface area contributed by atoms with Crippen molar-refractivity contribution in [1.82, 2.24) is 4.90 Å². The lowest BCUT2D eigenvalue weighted by molar-refractivity contribution is -0.212. The summed E-state index contributed by atoms with van der Waals surface area (Å²) in [6.07, 6.45) is -0.955. The number of ether oxygens (including phenoxy) is 1. The third-order valence-electron chi connectivity index (χ3n) is 5.74. The molecule has 2 aliphatic rings. The Labute approximate surface area is 192 Å². The second-order valence-electron chi connectivity index (χ2n) is 8.10. The molecule has 2 fully saturated rings. The van der Waals surface area contributed by atoms with Gasteiger partial charge in [-0.15, -0.1) is 0 Å². The summed E-state index contributed by atoms with van der Waals surface area (Å²) in [5.74, 6) is -3.69. The van der Waals surface area contributed by atoms with Crippen LogP contribution in [-0.2, 0) is 14.3 Å². The quantitative estimate of drug-likeness (QED) is 0.358. The van der Waals surface area contributed by atoms with Crippen LogP contribution in [0.3, 0.4) is 0 Å². The number of nitrogens with zero attached hydrogens (tertiary/aromatic N) is 1. The topological polar surface area (TPSA) is 59.8 Å². The molecule has 1 aromatic heterocycles. The lowest BCUT2D eigenvalue weighted by Gasteiger charge is -2.43. The molecule has 1 aliphatic heterocycles. The molecular formula is C23H21F4NO4S. The lowest BCUT2D eigenvalue weighted by Crippen LogP contribution is -2.52. The molecular weight excluding hydrogens is 462 g/mol. The number of hydrogen-bond donors (Lipinski definition) is 1. The average molecular weight is 483 g/mol. The number of halogens is 4. The minimum Gasteiger partial charge on any atom is -0.472 e. The van der Waals surface area contributed by atoms with Gasteiger partial charge in [-0.1, -0.05) is 18.2 Å². The highest BCUT2D eigenvalue weighted by molar-refractivity contribution is 7.81. The summed E-state index contributed by atoms with van der Waals surface area (Å²) in [5, 5.41) is -0.556. The third-order valence-corrected chi connectivity index (χ3v) is 6.30. The number of carbonyl (C=O) groups excluding carboxylic acids is 2. The largest absolute Gasteiger partial charge is 0.490 e. The first-order valence-corrected chi connectivity index (χ1v) is 10.9. The summed E-state index contributed by atoms with van der Waals surface area (Å²) in [7, 11) is 0. The molecule has 176 valence electrons. The van der Waals surface area contributed by atoms with Gasteiger partial charge in [-0.3, -0.25) is 9.69 Å². The number of carbonyl (C=O) groups is 2. The molecule has 2 heterocycles. The van der Waals surface area contributed by atoms with Crippen molar-refractivity contribution in [2.24, 2.45) is 5.92 Å². The summed E-state index contributed by atoms with van der Waals surface area (Å²) in [5.41, 5.74) is 0.797. The second-order valence-corrected chi connectivity index (χ2v) is 8.72. The molecule has 33 heavy (non-hydrogen) atoms. The second kappa shape index (κ2) is 9.34. The Morgan fingerprint density at radius 2 is 1.91 bits per heavy atom. The minimum atomic E-state index is -5.25. The normalized spacial score (nSPS) is 24.0. The van der Waals surface area contributed by atoms with Gasteiger partial charge in [-0.25, -0.2) is 9.18 Å². The van der Waals surface area contributed by atoms with E-state index < -0.39 is 35.5 Å². The van der Waals surface area contributed by atoms with E-state index in [0.29, 0.717) is 24.8 Å². The van der Waals surface area contributed by atoms with Crippen LogP contribution in [0.2, 0.25) is 0 Å². The molecule has 3 atom stereocenters. The van der Waals surface area contributed by atoms with Gasteiger partial charge in [-0.05, 0) is 43.0 Å². The number of hydrogen-bond acceptors (Lipinski definition) is 6. The Bertz CT molecular complexity index is 1050. The van der Waals surface area contributed by atoms with E-state index in [1.807, 2.05) is 0 Å². The molecule has 1 saturated heterocycles. The molecule has 0 N–H and O–H groups in total. The molecule has 5 nitrogen and oxygen atoms in total. The average Bonchev–Trinajstić information content (AvgIpc) is 3.49. The zero-order valence-corrected chi connectivity index (χ0v) is 18.2. The van der Waals surface area contributed by atoms with Gasteiger partial charge in [0.15, 0.2) is 12.0 Å². The van der Waals surface area contributed by atoms with E-state index in [-0.39, 0.29) is 29.4 Å². The predicted octanol–water partition coefficient (Wildman–Crippen LogP) is 4.96. The number of alkyl halides is 3. The summed E-state index contributed by atoms with van der Waals surface area (Å²) in [4.78, 5) is 26.5. The van der Waals surface area contributed by atoms with E-state index in [9.17, 15) is 27.2 Å². The monoisotopic (exact) mass is 483 g/mol. The zero-order valence-electron chi connectivity index (χ0n) is 17.3. The fourth-order valence-electron chi connectivity index (χ4n) is 3.98. The number of esters is 1. The molecule has 1 saturated carbocycles. The van der Waals surface area contributed by atoms with Gasteiger partial charge in [0.25, 0.3) is 0 Å². The molecule has 0 amide bonds. The number of thiol groups is 1. The molecule has 3 unspecified atom stereocenters. The molecule has 0 bridgehead atoms. The van der Waals surface area contributed by atoms with Crippen molar-refractivity contribution in [2.75, 3.05) is 6.54 Å². The maximum absolute atomic E-state index is 14.8. The van der Waals surface area contributed by atoms with Crippen LogP contribution in [0.25, 0.3) is 6.08 Å².